The van der Waals surface area contributed by atoms with Gasteiger partial charge in [-0.25, -0.2) is 10.0 Å². The molecule has 0 bridgehead atoms. The molecule has 1 aromatic rings. The lowest BCUT2D eigenvalue weighted by Gasteiger charge is -2.26. The predicted octanol–water partition coefficient (Wildman–Crippen LogP) is 2.92. The number of rotatable bonds is 4. The van der Waals surface area contributed by atoms with Crippen molar-refractivity contribution in [2.45, 2.75) is 45.1 Å². The number of nitrogens with zero attached hydrogens (tertiary/aromatic N) is 1. The van der Waals surface area contributed by atoms with Crippen molar-refractivity contribution in [1.82, 2.24) is 0 Å². The van der Waals surface area contributed by atoms with E-state index in [9.17, 15) is 10.0 Å². The summed E-state index contributed by atoms with van der Waals surface area (Å²) in [4.78, 5) is 12.1. The van der Waals surface area contributed by atoms with E-state index in [1.807, 2.05) is 25.1 Å². The molecule has 0 spiro atoms. The number of hydrogen-bond donors (Lipinski definition) is 1. The average molecular weight is 248 g/mol. The first-order valence-electron chi connectivity index (χ1n) is 6.81. The molecule has 0 radical (unpaired) electrons. The van der Waals surface area contributed by atoms with Crippen LogP contribution in [0.3, 0.4) is 0 Å². The zero-order valence-electron chi connectivity index (χ0n) is 11.0. The van der Waals surface area contributed by atoms with Crippen LogP contribution in [0.4, 0.5) is 0 Å². The Morgan fingerprint density at radius 1 is 1.39 bits per heavy atom. The van der Waals surface area contributed by atoms with Crippen molar-refractivity contribution >= 4 is 5.91 Å². The standard InChI is InChI=1S/C15H22NO2/c1-13-7-6-12-16(13,18)15(17)11-5-10-14-8-3-2-4-9-14/h2-4,8-9,13,18H,5-7,10-12H2,1H3/q+1/t13-,16?/m1/s1. The minimum absolute atomic E-state index is 0.0177. The van der Waals surface area contributed by atoms with Crippen molar-refractivity contribution in [3.05, 3.63) is 35.9 Å². The number of hydrogen-bond acceptors (Lipinski definition) is 2. The molecule has 1 fully saturated rings. The van der Waals surface area contributed by atoms with E-state index in [0.717, 1.165) is 25.7 Å². The number of amides is 1. The lowest BCUT2D eigenvalue weighted by Crippen LogP contribution is -2.52. The summed E-state index contributed by atoms with van der Waals surface area (Å²) in [7, 11) is 0. The van der Waals surface area contributed by atoms with Crippen molar-refractivity contribution in [2.24, 2.45) is 0 Å². The van der Waals surface area contributed by atoms with Crippen molar-refractivity contribution in [3.63, 3.8) is 0 Å². The monoisotopic (exact) mass is 248 g/mol. The van der Waals surface area contributed by atoms with E-state index >= 15 is 0 Å². The minimum Gasteiger partial charge on any atom is -0.228 e. The summed E-state index contributed by atoms with van der Waals surface area (Å²) in [5.74, 6) is -0.0177. The third-order valence-electron chi connectivity index (χ3n) is 3.98. The SMILES string of the molecule is C[C@@H]1CCC[N+]1(O)C(=O)CCCc1ccccc1. The first kappa shape index (κ1) is 13.2. The number of carbonyl (C=O) groups excluding carboxylic acids is 1. The Morgan fingerprint density at radius 2 is 2.11 bits per heavy atom. The fourth-order valence-electron chi connectivity index (χ4n) is 2.71. The van der Waals surface area contributed by atoms with Crippen LogP contribution in [0.1, 0.15) is 38.2 Å². The Bertz CT molecular complexity index is 404. The summed E-state index contributed by atoms with van der Waals surface area (Å²) in [5, 5.41) is 10.3. The van der Waals surface area contributed by atoms with E-state index < -0.39 is 0 Å². The Labute approximate surface area is 109 Å². The van der Waals surface area contributed by atoms with Gasteiger partial charge in [0.05, 0.1) is 6.42 Å². The fourth-order valence-corrected chi connectivity index (χ4v) is 2.71. The average Bonchev–Trinajstić information content (AvgIpc) is 2.72. The quantitative estimate of drug-likeness (QED) is 0.657. The Morgan fingerprint density at radius 3 is 2.72 bits per heavy atom. The third-order valence-corrected chi connectivity index (χ3v) is 3.98. The second-order valence-corrected chi connectivity index (χ2v) is 5.27. The van der Waals surface area contributed by atoms with Crippen LogP contribution >= 0.6 is 0 Å². The van der Waals surface area contributed by atoms with Gasteiger partial charge in [-0.15, -0.1) is 4.65 Å². The Balaban J connectivity index is 1.82. The van der Waals surface area contributed by atoms with E-state index in [1.54, 1.807) is 0 Å². The number of quaternary nitrogens is 1. The van der Waals surface area contributed by atoms with Crippen molar-refractivity contribution in [1.29, 1.82) is 0 Å². The molecule has 3 heteroatoms. The fraction of sp³-hybridized carbons (Fsp3) is 0.533. The third kappa shape index (κ3) is 2.79. The van der Waals surface area contributed by atoms with E-state index in [4.69, 9.17) is 0 Å². The normalized spacial score (nSPS) is 27.3. The maximum atomic E-state index is 12.1. The summed E-state index contributed by atoms with van der Waals surface area (Å²) >= 11 is 0. The van der Waals surface area contributed by atoms with Crippen LogP contribution in [-0.4, -0.2) is 28.3 Å². The smallest absolute Gasteiger partial charge is 0.228 e. The molecule has 1 aliphatic heterocycles. The van der Waals surface area contributed by atoms with Crippen LogP contribution in [0.5, 0.6) is 0 Å². The molecule has 0 aromatic heterocycles. The van der Waals surface area contributed by atoms with Crippen LogP contribution in [0.15, 0.2) is 30.3 Å². The molecule has 1 saturated heterocycles. The first-order chi connectivity index (χ1) is 8.63. The molecule has 1 N–H and O–H groups in total. The van der Waals surface area contributed by atoms with Crippen LogP contribution in [-0.2, 0) is 11.2 Å². The largest absolute Gasteiger partial charge is 0.345 e. The highest BCUT2D eigenvalue weighted by Gasteiger charge is 2.44. The maximum Gasteiger partial charge on any atom is 0.345 e. The second-order valence-electron chi connectivity index (χ2n) is 5.27. The molecular weight excluding hydrogens is 226 g/mol. The van der Waals surface area contributed by atoms with E-state index in [0.29, 0.717) is 13.0 Å². The van der Waals surface area contributed by atoms with Gasteiger partial charge in [0.15, 0.2) is 0 Å². The van der Waals surface area contributed by atoms with E-state index in [-0.39, 0.29) is 16.6 Å². The summed E-state index contributed by atoms with van der Waals surface area (Å²) in [6, 6.07) is 10.2. The molecule has 1 unspecified atom stereocenters. The van der Waals surface area contributed by atoms with Gasteiger partial charge in [-0.2, -0.15) is 0 Å². The molecule has 0 saturated carbocycles. The molecule has 18 heavy (non-hydrogen) atoms. The number of benzene rings is 1. The van der Waals surface area contributed by atoms with Crippen molar-refractivity contribution in [2.75, 3.05) is 6.54 Å². The highest BCUT2D eigenvalue weighted by atomic mass is 16.6. The van der Waals surface area contributed by atoms with Crippen LogP contribution in [0, 0.1) is 0 Å². The summed E-state index contributed by atoms with van der Waals surface area (Å²) < 4.78 is -0.339. The molecule has 1 aromatic carbocycles. The van der Waals surface area contributed by atoms with Crippen molar-refractivity contribution in [3.8, 4) is 0 Å². The molecule has 1 heterocycles. The van der Waals surface area contributed by atoms with Crippen LogP contribution < -0.4 is 0 Å². The van der Waals surface area contributed by atoms with Gasteiger partial charge in [0.1, 0.15) is 12.6 Å². The van der Waals surface area contributed by atoms with Gasteiger partial charge in [-0.1, -0.05) is 30.3 Å². The first-order valence-corrected chi connectivity index (χ1v) is 6.81. The zero-order chi connectivity index (χ0) is 13.0. The number of carbonyl (C=O) groups is 1. The van der Waals surface area contributed by atoms with Gasteiger partial charge < -0.3 is 0 Å². The molecule has 1 aliphatic rings. The summed E-state index contributed by atoms with van der Waals surface area (Å²) in [5.41, 5.74) is 1.25. The van der Waals surface area contributed by atoms with Gasteiger partial charge in [-0.05, 0) is 25.3 Å². The van der Waals surface area contributed by atoms with Gasteiger partial charge in [-0.3, -0.25) is 0 Å². The summed E-state index contributed by atoms with van der Waals surface area (Å²) in [6.45, 7) is 2.55. The molecule has 1 amide bonds. The molecule has 98 valence electrons. The highest BCUT2D eigenvalue weighted by Crippen LogP contribution is 2.25. The summed E-state index contributed by atoms with van der Waals surface area (Å²) in [6.07, 6.45) is 4.08. The van der Waals surface area contributed by atoms with Gasteiger partial charge in [0, 0.05) is 12.8 Å². The highest BCUT2D eigenvalue weighted by molar-refractivity contribution is 5.68. The van der Waals surface area contributed by atoms with Crippen LogP contribution in [0.25, 0.3) is 0 Å². The zero-order valence-corrected chi connectivity index (χ0v) is 11.0. The Hall–Kier alpha value is -1.19. The lowest BCUT2D eigenvalue weighted by molar-refractivity contribution is -1.05. The Kier molecular flexibility index (Phi) is 4.15. The van der Waals surface area contributed by atoms with E-state index in [2.05, 4.69) is 12.1 Å². The molecular formula is C15H22NO2+. The minimum atomic E-state index is -0.339. The van der Waals surface area contributed by atoms with Crippen LogP contribution in [0.2, 0.25) is 0 Å². The van der Waals surface area contributed by atoms with Crippen molar-refractivity contribution < 1.29 is 14.6 Å². The maximum absolute atomic E-state index is 12.1. The van der Waals surface area contributed by atoms with Gasteiger partial charge >= 0.3 is 5.91 Å². The molecule has 3 nitrogen and oxygen atoms in total. The molecule has 0 aliphatic carbocycles. The number of aryl methyl sites for hydroxylation is 1. The topological polar surface area (TPSA) is 37.3 Å². The van der Waals surface area contributed by atoms with Gasteiger partial charge in [0.2, 0.25) is 0 Å². The van der Waals surface area contributed by atoms with Gasteiger partial charge in [0.25, 0.3) is 0 Å². The number of hydroxylamine groups is 3. The van der Waals surface area contributed by atoms with E-state index in [1.165, 1.54) is 5.56 Å². The number of likely N-dealkylation sites (tertiary alicyclic amines) is 1. The predicted molar refractivity (Wildman–Crippen MR) is 70.0 cm³/mol. The molecule has 2 rings (SSSR count). The molecule has 2 atom stereocenters. The lowest BCUT2D eigenvalue weighted by atomic mass is 10.1. The second kappa shape index (κ2) is 5.63.